The fraction of sp³-hybridized carbons (Fsp3) is 0.385. The minimum atomic E-state index is -0.794. The lowest BCUT2D eigenvalue weighted by molar-refractivity contribution is -0.120. The Hall–Kier alpha value is -1.99. The predicted molar refractivity (Wildman–Crippen MR) is 69.0 cm³/mol. The second-order valence-corrected chi connectivity index (χ2v) is 4.26. The minimum Gasteiger partial charge on any atom is -0.465 e. The third-order valence-corrected chi connectivity index (χ3v) is 2.88. The maximum Gasteiger partial charge on any atom is 0.340 e. The lowest BCUT2D eigenvalue weighted by Gasteiger charge is -2.22. The van der Waals surface area contributed by atoms with Crippen molar-refractivity contribution < 1.29 is 23.5 Å². The molecule has 1 aromatic carbocycles. The Labute approximate surface area is 115 Å². The molecule has 1 aliphatic heterocycles. The molecule has 0 radical (unpaired) electrons. The van der Waals surface area contributed by atoms with E-state index >= 15 is 0 Å². The molecule has 0 aliphatic carbocycles. The molecule has 0 aromatic heterocycles. The molecule has 0 bridgehead atoms. The second-order valence-electron chi connectivity index (χ2n) is 4.26. The van der Waals surface area contributed by atoms with Gasteiger partial charge in [0.25, 0.3) is 0 Å². The molecule has 20 heavy (non-hydrogen) atoms. The zero-order valence-corrected chi connectivity index (χ0v) is 10.9. The summed E-state index contributed by atoms with van der Waals surface area (Å²) < 4.78 is 23.1. The van der Waals surface area contributed by atoms with Crippen molar-refractivity contribution >= 4 is 17.6 Å². The molecule has 2 N–H and O–H groups in total. The molecule has 1 unspecified atom stereocenters. The van der Waals surface area contributed by atoms with Crippen LogP contribution in [0.5, 0.6) is 0 Å². The number of amides is 1. The van der Waals surface area contributed by atoms with Gasteiger partial charge in [0.2, 0.25) is 5.91 Å². The highest BCUT2D eigenvalue weighted by molar-refractivity contribution is 5.97. The highest BCUT2D eigenvalue weighted by atomic mass is 19.1. The van der Waals surface area contributed by atoms with Gasteiger partial charge in [0.15, 0.2) is 0 Å². The van der Waals surface area contributed by atoms with Crippen LogP contribution in [0.2, 0.25) is 0 Å². The van der Waals surface area contributed by atoms with Crippen LogP contribution in [0.3, 0.4) is 0 Å². The van der Waals surface area contributed by atoms with Gasteiger partial charge in [-0.15, -0.1) is 0 Å². The average molecular weight is 282 g/mol. The van der Waals surface area contributed by atoms with Gasteiger partial charge in [0.1, 0.15) is 11.9 Å². The lowest BCUT2D eigenvalue weighted by atomic mass is 10.1. The van der Waals surface area contributed by atoms with Gasteiger partial charge in [0.05, 0.1) is 25.9 Å². The smallest absolute Gasteiger partial charge is 0.340 e. The van der Waals surface area contributed by atoms with Gasteiger partial charge in [-0.1, -0.05) is 0 Å². The van der Waals surface area contributed by atoms with Crippen molar-refractivity contribution in [2.75, 3.05) is 32.2 Å². The van der Waals surface area contributed by atoms with E-state index in [1.165, 1.54) is 12.1 Å². The number of methoxy groups -OCH3 is 1. The SMILES string of the molecule is COC(=O)c1cc(NC(=O)C2COCCN2)ccc1F. The van der Waals surface area contributed by atoms with Gasteiger partial charge in [0, 0.05) is 12.2 Å². The molecular formula is C13H15FN2O4. The Bertz CT molecular complexity index is 515. The normalized spacial score (nSPS) is 18.4. The molecule has 1 amide bonds. The van der Waals surface area contributed by atoms with E-state index in [1.807, 2.05) is 0 Å². The molecule has 108 valence electrons. The first-order valence-electron chi connectivity index (χ1n) is 6.11. The number of benzene rings is 1. The fourth-order valence-electron chi connectivity index (χ4n) is 1.83. The molecule has 1 aromatic rings. The van der Waals surface area contributed by atoms with Crippen molar-refractivity contribution in [1.82, 2.24) is 5.32 Å². The summed E-state index contributed by atoms with van der Waals surface area (Å²) in [6.07, 6.45) is 0. The molecule has 6 nitrogen and oxygen atoms in total. The van der Waals surface area contributed by atoms with E-state index in [0.717, 1.165) is 13.2 Å². The van der Waals surface area contributed by atoms with Gasteiger partial charge >= 0.3 is 5.97 Å². The van der Waals surface area contributed by atoms with E-state index < -0.39 is 17.8 Å². The summed E-state index contributed by atoms with van der Waals surface area (Å²) in [6.45, 7) is 1.43. The highest BCUT2D eigenvalue weighted by Gasteiger charge is 2.22. The van der Waals surface area contributed by atoms with E-state index in [1.54, 1.807) is 0 Å². The number of ether oxygens (including phenoxy) is 2. The summed E-state index contributed by atoms with van der Waals surface area (Å²) in [6, 6.07) is 3.26. The number of esters is 1. The summed E-state index contributed by atoms with van der Waals surface area (Å²) >= 11 is 0. The number of carbonyl (C=O) groups is 2. The maximum atomic E-state index is 13.5. The summed E-state index contributed by atoms with van der Waals surface area (Å²) in [5.41, 5.74) is 0.0994. The van der Waals surface area contributed by atoms with Crippen molar-refractivity contribution in [1.29, 1.82) is 0 Å². The summed E-state index contributed by atoms with van der Waals surface area (Å²) in [5, 5.41) is 5.60. The van der Waals surface area contributed by atoms with Gasteiger partial charge < -0.3 is 20.1 Å². The van der Waals surface area contributed by atoms with Crippen LogP contribution in [0.4, 0.5) is 10.1 Å². The number of carbonyl (C=O) groups excluding carboxylic acids is 2. The quantitative estimate of drug-likeness (QED) is 0.791. The Morgan fingerprint density at radius 2 is 2.30 bits per heavy atom. The molecule has 0 spiro atoms. The number of hydrogen-bond donors (Lipinski definition) is 2. The van der Waals surface area contributed by atoms with Gasteiger partial charge in [-0.2, -0.15) is 0 Å². The van der Waals surface area contributed by atoms with Crippen LogP contribution >= 0.6 is 0 Å². The second kappa shape index (κ2) is 6.44. The molecule has 1 atom stereocenters. The van der Waals surface area contributed by atoms with Crippen molar-refractivity contribution in [2.24, 2.45) is 0 Å². The summed E-state index contributed by atoms with van der Waals surface area (Å²) in [4.78, 5) is 23.3. The highest BCUT2D eigenvalue weighted by Crippen LogP contribution is 2.16. The average Bonchev–Trinajstić information content (AvgIpc) is 2.49. The first kappa shape index (κ1) is 14.4. The minimum absolute atomic E-state index is 0.224. The van der Waals surface area contributed by atoms with Crippen molar-refractivity contribution in [3.05, 3.63) is 29.6 Å². The Kier molecular flexibility index (Phi) is 4.65. The van der Waals surface area contributed by atoms with E-state index in [2.05, 4.69) is 15.4 Å². The van der Waals surface area contributed by atoms with Crippen LogP contribution < -0.4 is 10.6 Å². The molecule has 1 fully saturated rings. The Balaban J connectivity index is 2.09. The molecular weight excluding hydrogens is 267 g/mol. The molecule has 1 saturated heterocycles. The van der Waals surface area contributed by atoms with Crippen molar-refractivity contribution in [3.8, 4) is 0 Å². The molecule has 0 saturated carbocycles. The fourth-order valence-corrected chi connectivity index (χ4v) is 1.83. The zero-order chi connectivity index (χ0) is 14.5. The Morgan fingerprint density at radius 3 is 2.95 bits per heavy atom. The number of hydrogen-bond acceptors (Lipinski definition) is 5. The summed E-state index contributed by atoms with van der Waals surface area (Å²) in [7, 11) is 1.16. The zero-order valence-electron chi connectivity index (χ0n) is 10.9. The third-order valence-electron chi connectivity index (χ3n) is 2.88. The lowest BCUT2D eigenvalue weighted by Crippen LogP contribution is -2.48. The first-order valence-corrected chi connectivity index (χ1v) is 6.11. The van der Waals surface area contributed by atoms with E-state index in [4.69, 9.17) is 4.74 Å². The molecule has 1 aliphatic rings. The van der Waals surface area contributed by atoms with E-state index in [9.17, 15) is 14.0 Å². The van der Waals surface area contributed by atoms with Crippen LogP contribution in [-0.4, -0.2) is 44.8 Å². The number of anilines is 1. The van der Waals surface area contributed by atoms with Crippen LogP contribution in [0.1, 0.15) is 10.4 Å². The van der Waals surface area contributed by atoms with Crippen LogP contribution in [-0.2, 0) is 14.3 Å². The number of rotatable bonds is 3. The van der Waals surface area contributed by atoms with Gasteiger partial charge in [-0.05, 0) is 18.2 Å². The first-order chi connectivity index (χ1) is 9.61. The van der Waals surface area contributed by atoms with Crippen LogP contribution in [0.15, 0.2) is 18.2 Å². The standard InChI is InChI=1S/C13H15FN2O4/c1-19-13(18)9-6-8(2-3-10(9)14)16-12(17)11-7-20-5-4-15-11/h2-3,6,11,15H,4-5,7H2,1H3,(H,16,17). The topological polar surface area (TPSA) is 76.7 Å². The van der Waals surface area contributed by atoms with E-state index in [-0.39, 0.29) is 18.1 Å². The number of halogens is 1. The number of morpholine rings is 1. The molecule has 2 rings (SSSR count). The monoisotopic (exact) mass is 282 g/mol. The largest absolute Gasteiger partial charge is 0.465 e. The predicted octanol–water partition coefficient (Wildman–Crippen LogP) is 0.539. The summed E-state index contributed by atoms with van der Waals surface area (Å²) in [5.74, 6) is -1.79. The molecule has 1 heterocycles. The van der Waals surface area contributed by atoms with Crippen molar-refractivity contribution in [2.45, 2.75) is 6.04 Å². The van der Waals surface area contributed by atoms with Crippen LogP contribution in [0.25, 0.3) is 0 Å². The molecule has 7 heteroatoms. The maximum absolute atomic E-state index is 13.5. The number of nitrogens with one attached hydrogen (secondary N) is 2. The van der Waals surface area contributed by atoms with Crippen molar-refractivity contribution in [3.63, 3.8) is 0 Å². The van der Waals surface area contributed by atoms with E-state index in [0.29, 0.717) is 18.8 Å². The van der Waals surface area contributed by atoms with Gasteiger partial charge in [-0.3, -0.25) is 4.79 Å². The Morgan fingerprint density at radius 1 is 1.50 bits per heavy atom. The van der Waals surface area contributed by atoms with Crippen LogP contribution in [0, 0.1) is 5.82 Å². The third kappa shape index (κ3) is 3.31. The van der Waals surface area contributed by atoms with Gasteiger partial charge in [-0.25, -0.2) is 9.18 Å².